The molecule has 6 heteroatoms. The van der Waals surface area contributed by atoms with Crippen molar-refractivity contribution in [1.82, 2.24) is 10.3 Å². The number of likely N-dealkylation sites (N-methyl/N-ethyl adjacent to an activating group) is 1. The molecular formula is C13H20N4O2. The third-order valence-electron chi connectivity index (χ3n) is 3.55. The van der Waals surface area contributed by atoms with Crippen LogP contribution in [-0.4, -0.2) is 36.1 Å². The summed E-state index contributed by atoms with van der Waals surface area (Å²) in [5.74, 6) is 0.657. The smallest absolute Gasteiger partial charge is 0.277 e. The van der Waals surface area contributed by atoms with Gasteiger partial charge in [-0.1, -0.05) is 6.42 Å². The van der Waals surface area contributed by atoms with Gasteiger partial charge in [-0.05, 0) is 26.3 Å². The Labute approximate surface area is 113 Å². The zero-order chi connectivity index (χ0) is 13.8. The Morgan fingerprint density at radius 1 is 1.58 bits per heavy atom. The number of nitrogens with one attached hydrogen (secondary N) is 1. The summed E-state index contributed by atoms with van der Waals surface area (Å²) in [4.78, 5) is 16.8. The zero-order valence-corrected chi connectivity index (χ0v) is 11.4. The van der Waals surface area contributed by atoms with Gasteiger partial charge in [0.15, 0.2) is 0 Å². The van der Waals surface area contributed by atoms with Crippen molar-refractivity contribution in [3.05, 3.63) is 27.9 Å². The molecule has 0 bridgehead atoms. The SMILES string of the molecule is Cc1cnc(N(C)CC2CCCCN2)cc1[N+](=O)[O-]. The van der Waals surface area contributed by atoms with E-state index in [4.69, 9.17) is 0 Å². The Kier molecular flexibility index (Phi) is 4.31. The fraction of sp³-hybridized carbons (Fsp3) is 0.615. The molecule has 2 heterocycles. The largest absolute Gasteiger partial charge is 0.358 e. The van der Waals surface area contributed by atoms with Crippen LogP contribution in [0.15, 0.2) is 12.3 Å². The van der Waals surface area contributed by atoms with Gasteiger partial charge in [0, 0.05) is 31.4 Å². The summed E-state index contributed by atoms with van der Waals surface area (Å²) in [5.41, 5.74) is 0.728. The van der Waals surface area contributed by atoms with E-state index < -0.39 is 0 Å². The van der Waals surface area contributed by atoms with Gasteiger partial charge < -0.3 is 10.2 Å². The second-order valence-electron chi connectivity index (χ2n) is 5.11. The summed E-state index contributed by atoms with van der Waals surface area (Å²) in [6.07, 6.45) is 5.19. The molecule has 0 aromatic carbocycles. The first kappa shape index (κ1) is 13.7. The monoisotopic (exact) mass is 264 g/mol. The maximum absolute atomic E-state index is 10.9. The maximum atomic E-state index is 10.9. The molecule has 1 fully saturated rings. The van der Waals surface area contributed by atoms with E-state index in [1.165, 1.54) is 12.8 Å². The Morgan fingerprint density at radius 2 is 2.37 bits per heavy atom. The number of nitro groups is 1. The Balaban J connectivity index is 2.07. The molecule has 104 valence electrons. The third-order valence-corrected chi connectivity index (χ3v) is 3.55. The second-order valence-corrected chi connectivity index (χ2v) is 5.11. The molecule has 19 heavy (non-hydrogen) atoms. The van der Waals surface area contributed by atoms with Gasteiger partial charge >= 0.3 is 0 Å². The van der Waals surface area contributed by atoms with E-state index in [9.17, 15) is 10.1 Å². The van der Waals surface area contributed by atoms with Crippen molar-refractivity contribution in [2.75, 3.05) is 25.0 Å². The zero-order valence-electron chi connectivity index (χ0n) is 11.4. The molecule has 1 aromatic heterocycles. The van der Waals surface area contributed by atoms with E-state index in [1.807, 2.05) is 11.9 Å². The number of rotatable bonds is 4. The van der Waals surface area contributed by atoms with Crippen LogP contribution in [0.1, 0.15) is 24.8 Å². The number of anilines is 1. The molecule has 0 spiro atoms. The molecule has 0 aliphatic carbocycles. The standard InChI is InChI=1S/C13H20N4O2/c1-10-8-15-13(7-12(10)17(18)19)16(2)9-11-5-3-4-6-14-11/h7-8,11,14H,3-6,9H2,1-2H3. The minimum absolute atomic E-state index is 0.133. The van der Waals surface area contributed by atoms with Gasteiger partial charge in [-0.25, -0.2) is 4.98 Å². The Hall–Kier alpha value is -1.69. The Morgan fingerprint density at radius 3 is 3.00 bits per heavy atom. The summed E-state index contributed by atoms with van der Waals surface area (Å²) >= 11 is 0. The summed E-state index contributed by atoms with van der Waals surface area (Å²) in [7, 11) is 1.93. The predicted molar refractivity (Wildman–Crippen MR) is 74.5 cm³/mol. The molecule has 0 amide bonds. The van der Waals surface area contributed by atoms with Crippen molar-refractivity contribution < 1.29 is 4.92 Å². The molecule has 1 unspecified atom stereocenters. The van der Waals surface area contributed by atoms with Crippen LogP contribution in [0.25, 0.3) is 0 Å². The highest BCUT2D eigenvalue weighted by Crippen LogP contribution is 2.22. The summed E-state index contributed by atoms with van der Waals surface area (Å²) < 4.78 is 0. The minimum atomic E-state index is -0.354. The molecule has 1 atom stereocenters. The second kappa shape index (κ2) is 5.97. The van der Waals surface area contributed by atoms with E-state index in [-0.39, 0.29) is 10.6 Å². The number of pyridine rings is 1. The van der Waals surface area contributed by atoms with Crippen molar-refractivity contribution in [2.45, 2.75) is 32.2 Å². The fourth-order valence-corrected chi connectivity index (χ4v) is 2.41. The van der Waals surface area contributed by atoms with Crippen LogP contribution in [0, 0.1) is 17.0 Å². The van der Waals surface area contributed by atoms with Crippen LogP contribution >= 0.6 is 0 Å². The van der Waals surface area contributed by atoms with Crippen molar-refractivity contribution in [3.8, 4) is 0 Å². The van der Waals surface area contributed by atoms with E-state index in [0.29, 0.717) is 17.4 Å². The first-order valence-electron chi connectivity index (χ1n) is 6.63. The van der Waals surface area contributed by atoms with Crippen molar-refractivity contribution in [2.24, 2.45) is 0 Å². The highest BCUT2D eigenvalue weighted by Gasteiger charge is 2.18. The van der Waals surface area contributed by atoms with Crippen LogP contribution in [0.2, 0.25) is 0 Å². The molecule has 1 saturated heterocycles. The molecule has 1 aliphatic heterocycles. The van der Waals surface area contributed by atoms with Crippen molar-refractivity contribution >= 4 is 11.5 Å². The van der Waals surface area contributed by atoms with Crippen molar-refractivity contribution in [3.63, 3.8) is 0 Å². The molecule has 0 saturated carbocycles. The maximum Gasteiger partial charge on any atom is 0.277 e. The van der Waals surface area contributed by atoms with Gasteiger partial charge in [0.2, 0.25) is 0 Å². The quantitative estimate of drug-likeness (QED) is 0.664. The normalized spacial score (nSPS) is 19.2. The number of aryl methyl sites for hydroxylation is 1. The van der Waals surface area contributed by atoms with E-state index in [1.54, 1.807) is 19.2 Å². The fourth-order valence-electron chi connectivity index (χ4n) is 2.41. The summed E-state index contributed by atoms with van der Waals surface area (Å²) in [5, 5.41) is 14.4. The van der Waals surface area contributed by atoms with Crippen LogP contribution in [-0.2, 0) is 0 Å². The lowest BCUT2D eigenvalue weighted by Crippen LogP contribution is -2.42. The number of hydrogen-bond acceptors (Lipinski definition) is 5. The molecular weight excluding hydrogens is 244 g/mol. The lowest BCUT2D eigenvalue weighted by molar-refractivity contribution is -0.385. The molecule has 2 rings (SSSR count). The highest BCUT2D eigenvalue weighted by atomic mass is 16.6. The molecule has 0 radical (unpaired) electrons. The third kappa shape index (κ3) is 3.41. The van der Waals surface area contributed by atoms with E-state index in [0.717, 1.165) is 19.5 Å². The molecule has 1 aromatic rings. The van der Waals surface area contributed by atoms with Crippen LogP contribution in [0.5, 0.6) is 0 Å². The number of piperidine rings is 1. The first-order chi connectivity index (χ1) is 9.08. The summed E-state index contributed by atoms with van der Waals surface area (Å²) in [6, 6.07) is 2.00. The highest BCUT2D eigenvalue weighted by molar-refractivity contribution is 5.50. The lowest BCUT2D eigenvalue weighted by atomic mass is 10.0. The molecule has 1 N–H and O–H groups in total. The van der Waals surface area contributed by atoms with Gasteiger partial charge in [-0.3, -0.25) is 10.1 Å². The van der Waals surface area contributed by atoms with Crippen LogP contribution in [0.4, 0.5) is 11.5 Å². The number of hydrogen-bond donors (Lipinski definition) is 1. The average Bonchev–Trinajstić information content (AvgIpc) is 2.40. The topological polar surface area (TPSA) is 71.3 Å². The predicted octanol–water partition coefficient (Wildman–Crippen LogP) is 1.88. The minimum Gasteiger partial charge on any atom is -0.358 e. The van der Waals surface area contributed by atoms with Crippen molar-refractivity contribution in [1.29, 1.82) is 0 Å². The van der Waals surface area contributed by atoms with Gasteiger partial charge in [0.05, 0.1) is 11.0 Å². The van der Waals surface area contributed by atoms with Gasteiger partial charge in [0.1, 0.15) is 5.82 Å². The number of aromatic nitrogens is 1. The molecule has 1 aliphatic rings. The van der Waals surface area contributed by atoms with Crippen LogP contribution < -0.4 is 10.2 Å². The lowest BCUT2D eigenvalue weighted by Gasteiger charge is -2.28. The first-order valence-corrected chi connectivity index (χ1v) is 6.63. The van der Waals surface area contributed by atoms with Gasteiger partial charge in [0.25, 0.3) is 5.69 Å². The average molecular weight is 264 g/mol. The van der Waals surface area contributed by atoms with Crippen LogP contribution in [0.3, 0.4) is 0 Å². The van der Waals surface area contributed by atoms with E-state index in [2.05, 4.69) is 10.3 Å². The Bertz CT molecular complexity index is 458. The molecule has 6 nitrogen and oxygen atoms in total. The van der Waals surface area contributed by atoms with Gasteiger partial charge in [-0.2, -0.15) is 0 Å². The summed E-state index contributed by atoms with van der Waals surface area (Å²) in [6.45, 7) is 3.59. The number of nitrogens with zero attached hydrogens (tertiary/aromatic N) is 3. The van der Waals surface area contributed by atoms with Gasteiger partial charge in [-0.15, -0.1) is 0 Å². The van der Waals surface area contributed by atoms with E-state index >= 15 is 0 Å².